The Morgan fingerprint density at radius 2 is 2.08 bits per heavy atom. The van der Waals surface area contributed by atoms with Crippen molar-refractivity contribution in [1.82, 2.24) is 9.80 Å². The van der Waals surface area contributed by atoms with Gasteiger partial charge in [0.15, 0.2) is 5.75 Å². The third kappa shape index (κ3) is 3.67. The summed E-state index contributed by atoms with van der Waals surface area (Å²) in [5.74, 6) is -2.09. The van der Waals surface area contributed by atoms with Gasteiger partial charge < -0.3 is 20.3 Å². The molecule has 184 valence electrons. The Morgan fingerprint density at radius 3 is 2.81 bits per heavy atom. The Labute approximate surface area is 213 Å². The second-order valence-electron chi connectivity index (χ2n) is 8.45. The van der Waals surface area contributed by atoms with Crippen molar-refractivity contribution >= 4 is 49.8 Å². The summed E-state index contributed by atoms with van der Waals surface area (Å²) in [6.45, 7) is 4.57. The van der Waals surface area contributed by atoms with E-state index in [0.717, 1.165) is 23.5 Å². The summed E-state index contributed by atoms with van der Waals surface area (Å²) < 4.78 is 36.2. The van der Waals surface area contributed by atoms with Crippen LogP contribution in [0.1, 0.15) is 22.3 Å². The number of nitrogen functional groups attached to an aromatic ring is 1. The van der Waals surface area contributed by atoms with Gasteiger partial charge in [0.25, 0.3) is 5.91 Å². The molecule has 2 aromatic carbocycles. The van der Waals surface area contributed by atoms with Gasteiger partial charge in [0.2, 0.25) is 5.91 Å². The molecule has 7 nitrogen and oxygen atoms in total. The van der Waals surface area contributed by atoms with E-state index >= 15 is 4.39 Å². The lowest BCUT2D eigenvalue weighted by Gasteiger charge is -2.42. The standard InChI is InChI=1S/C25H19ClF2N4O3S/c1-2-18(33)31-6-7-32-12(11-31)5-8-35-22-14(25(32)34)9-17(28)20(21(22)26)13-3-4-16(27)23-19(13)15(10-29)24(30)36-23/h2-4,9,12H,1,5-8,11,30H2/t12-/m0/s1. The molecule has 0 aliphatic carbocycles. The fourth-order valence-corrected chi connectivity index (χ4v) is 6.11. The fourth-order valence-electron chi connectivity index (χ4n) is 4.81. The summed E-state index contributed by atoms with van der Waals surface area (Å²) >= 11 is 7.55. The number of benzene rings is 2. The Hall–Kier alpha value is -3.68. The highest BCUT2D eigenvalue weighted by atomic mass is 35.5. The predicted octanol–water partition coefficient (Wildman–Crippen LogP) is 4.58. The largest absolute Gasteiger partial charge is 0.491 e. The van der Waals surface area contributed by atoms with Crippen molar-refractivity contribution in [3.63, 3.8) is 0 Å². The van der Waals surface area contributed by atoms with Crippen molar-refractivity contribution in [1.29, 1.82) is 5.26 Å². The lowest BCUT2D eigenvalue weighted by Crippen LogP contribution is -2.57. The number of piperazine rings is 1. The van der Waals surface area contributed by atoms with Gasteiger partial charge in [-0.1, -0.05) is 24.2 Å². The van der Waals surface area contributed by atoms with Crippen LogP contribution in [0.15, 0.2) is 30.9 Å². The third-order valence-electron chi connectivity index (χ3n) is 6.53. The van der Waals surface area contributed by atoms with Crippen LogP contribution in [0.5, 0.6) is 5.75 Å². The van der Waals surface area contributed by atoms with E-state index in [-0.39, 0.29) is 73.2 Å². The molecule has 2 aliphatic rings. The number of carbonyl (C=O) groups excluding carboxylic acids is 2. The lowest BCUT2D eigenvalue weighted by molar-refractivity contribution is -0.128. The van der Waals surface area contributed by atoms with Crippen molar-refractivity contribution < 1.29 is 23.1 Å². The maximum atomic E-state index is 15.7. The quantitative estimate of drug-likeness (QED) is 0.491. The molecule has 1 fully saturated rings. The summed E-state index contributed by atoms with van der Waals surface area (Å²) in [5.41, 5.74) is 5.97. The van der Waals surface area contributed by atoms with Crippen LogP contribution in [-0.4, -0.2) is 53.9 Å². The topological polar surface area (TPSA) is 99.7 Å². The number of ether oxygens (including phenoxy) is 1. The van der Waals surface area contributed by atoms with Crippen LogP contribution < -0.4 is 10.5 Å². The molecule has 0 bridgehead atoms. The molecule has 2 aliphatic heterocycles. The first-order valence-corrected chi connectivity index (χ1v) is 12.2. The zero-order chi connectivity index (χ0) is 25.7. The number of nitriles is 1. The van der Waals surface area contributed by atoms with Gasteiger partial charge in [0, 0.05) is 37.0 Å². The van der Waals surface area contributed by atoms with E-state index in [1.54, 1.807) is 9.80 Å². The van der Waals surface area contributed by atoms with Crippen LogP contribution >= 0.6 is 22.9 Å². The van der Waals surface area contributed by atoms with E-state index in [1.807, 2.05) is 6.07 Å². The Kier molecular flexibility index (Phi) is 6.06. The first kappa shape index (κ1) is 24.0. The number of halogens is 3. The average Bonchev–Trinajstić information content (AvgIpc) is 3.21. The molecule has 36 heavy (non-hydrogen) atoms. The number of nitrogens with zero attached hydrogens (tertiary/aromatic N) is 3. The molecule has 1 aromatic heterocycles. The van der Waals surface area contributed by atoms with Crippen molar-refractivity contribution in [3.8, 4) is 22.9 Å². The van der Waals surface area contributed by atoms with E-state index in [2.05, 4.69) is 6.58 Å². The molecule has 0 spiro atoms. The van der Waals surface area contributed by atoms with E-state index in [0.29, 0.717) is 19.5 Å². The molecular weight excluding hydrogens is 510 g/mol. The minimum absolute atomic E-state index is 0.0142. The molecule has 0 saturated carbocycles. The van der Waals surface area contributed by atoms with Gasteiger partial charge >= 0.3 is 0 Å². The molecule has 5 rings (SSSR count). The molecule has 1 atom stereocenters. The Balaban J connectivity index is 1.63. The second kappa shape index (κ2) is 9.08. The Bertz CT molecular complexity index is 1500. The monoisotopic (exact) mass is 528 g/mol. The summed E-state index contributed by atoms with van der Waals surface area (Å²) in [5, 5.41) is 9.71. The van der Waals surface area contributed by atoms with Gasteiger partial charge in [-0.15, -0.1) is 11.3 Å². The summed E-state index contributed by atoms with van der Waals surface area (Å²) in [6.07, 6.45) is 1.66. The van der Waals surface area contributed by atoms with Gasteiger partial charge in [0.05, 0.1) is 33.5 Å². The first-order valence-electron chi connectivity index (χ1n) is 11.0. The number of hydrogen-bond acceptors (Lipinski definition) is 6. The number of fused-ring (bicyclic) bond motifs is 3. The summed E-state index contributed by atoms with van der Waals surface area (Å²) in [4.78, 5) is 28.7. The molecule has 0 radical (unpaired) electrons. The SMILES string of the molecule is C=CC(=O)N1CCN2C(=O)c3cc(F)c(-c4ccc(F)c5sc(N)c(C#N)c45)c(Cl)c3OCC[C@H]2C1. The highest BCUT2D eigenvalue weighted by molar-refractivity contribution is 7.23. The van der Waals surface area contributed by atoms with Crippen LogP contribution in [0.4, 0.5) is 13.8 Å². The number of amides is 2. The first-order chi connectivity index (χ1) is 17.3. The Morgan fingerprint density at radius 1 is 1.31 bits per heavy atom. The second-order valence-corrected chi connectivity index (χ2v) is 9.88. The predicted molar refractivity (Wildman–Crippen MR) is 133 cm³/mol. The number of thiophene rings is 1. The van der Waals surface area contributed by atoms with E-state index in [1.165, 1.54) is 12.1 Å². The summed E-state index contributed by atoms with van der Waals surface area (Å²) in [7, 11) is 0. The van der Waals surface area contributed by atoms with Crippen LogP contribution in [0.2, 0.25) is 5.02 Å². The smallest absolute Gasteiger partial charge is 0.258 e. The molecule has 3 aromatic rings. The van der Waals surface area contributed by atoms with Crippen LogP contribution in [0.3, 0.4) is 0 Å². The molecule has 1 saturated heterocycles. The van der Waals surface area contributed by atoms with Crippen molar-refractivity contribution in [3.05, 3.63) is 58.6 Å². The van der Waals surface area contributed by atoms with Crippen LogP contribution in [-0.2, 0) is 4.79 Å². The maximum Gasteiger partial charge on any atom is 0.258 e. The van der Waals surface area contributed by atoms with E-state index in [4.69, 9.17) is 22.1 Å². The fraction of sp³-hybridized carbons (Fsp3) is 0.240. The van der Waals surface area contributed by atoms with Gasteiger partial charge in [0.1, 0.15) is 22.7 Å². The number of carbonyl (C=O) groups is 2. The zero-order valence-corrected chi connectivity index (χ0v) is 20.4. The normalized spacial score (nSPS) is 17.5. The third-order valence-corrected chi connectivity index (χ3v) is 7.92. The van der Waals surface area contributed by atoms with Crippen molar-refractivity contribution in [2.45, 2.75) is 12.5 Å². The minimum atomic E-state index is -0.824. The maximum absolute atomic E-state index is 15.7. The lowest BCUT2D eigenvalue weighted by atomic mass is 9.95. The van der Waals surface area contributed by atoms with Gasteiger partial charge in [-0.25, -0.2) is 8.78 Å². The van der Waals surface area contributed by atoms with Crippen molar-refractivity contribution in [2.75, 3.05) is 32.0 Å². The van der Waals surface area contributed by atoms with E-state index < -0.39 is 17.5 Å². The molecule has 3 heterocycles. The number of anilines is 1. The highest BCUT2D eigenvalue weighted by Crippen LogP contribution is 2.47. The molecule has 2 N–H and O–H groups in total. The van der Waals surface area contributed by atoms with Crippen molar-refractivity contribution in [2.24, 2.45) is 0 Å². The highest BCUT2D eigenvalue weighted by Gasteiger charge is 2.37. The van der Waals surface area contributed by atoms with E-state index in [9.17, 15) is 19.2 Å². The zero-order valence-electron chi connectivity index (χ0n) is 18.8. The number of nitrogens with two attached hydrogens (primary N) is 1. The average molecular weight is 529 g/mol. The minimum Gasteiger partial charge on any atom is -0.491 e. The molecule has 2 amide bonds. The van der Waals surface area contributed by atoms with Gasteiger partial charge in [-0.2, -0.15) is 5.26 Å². The molecule has 0 unspecified atom stereocenters. The number of rotatable bonds is 2. The van der Waals surface area contributed by atoms with Crippen LogP contribution in [0, 0.1) is 23.0 Å². The summed E-state index contributed by atoms with van der Waals surface area (Å²) in [6, 6.07) is 5.19. The molecular formula is C25H19ClF2N4O3S. The van der Waals surface area contributed by atoms with Crippen LogP contribution in [0.25, 0.3) is 21.2 Å². The molecule has 11 heteroatoms. The number of hydrogen-bond donors (Lipinski definition) is 1. The van der Waals surface area contributed by atoms with Gasteiger partial charge in [-0.05, 0) is 23.8 Å². The van der Waals surface area contributed by atoms with Gasteiger partial charge in [-0.3, -0.25) is 9.59 Å².